The summed E-state index contributed by atoms with van der Waals surface area (Å²) in [4.78, 5) is 26.2. The van der Waals surface area contributed by atoms with Crippen LogP contribution < -0.4 is 11.1 Å². The standard InChI is InChI=1S/C23H45N3O3S/c1-19(2)9-7-5-4-6-8-16-29-22(27)13-18-30-17-12-21(24)23(28)25-20-10-14-26(3)15-11-20/h19-21H,4-18,24H2,1-3H3,(H,25,28). The molecular formula is C23H45N3O3S. The number of nitrogens with zero attached hydrogens (tertiary/aromatic N) is 1. The number of amides is 1. The first-order chi connectivity index (χ1) is 14.4. The monoisotopic (exact) mass is 443 g/mol. The van der Waals surface area contributed by atoms with E-state index in [2.05, 4.69) is 31.1 Å². The zero-order valence-corrected chi connectivity index (χ0v) is 20.3. The highest BCUT2D eigenvalue weighted by molar-refractivity contribution is 7.99. The van der Waals surface area contributed by atoms with Gasteiger partial charge in [-0.2, -0.15) is 11.8 Å². The molecule has 1 heterocycles. The maximum Gasteiger partial charge on any atom is 0.306 e. The van der Waals surface area contributed by atoms with Gasteiger partial charge >= 0.3 is 5.97 Å². The lowest BCUT2D eigenvalue weighted by atomic mass is 10.0. The average molecular weight is 444 g/mol. The SMILES string of the molecule is CC(C)CCCCCCCOC(=O)CCSCCC(N)C(=O)NC1CCN(C)CC1. The number of nitrogens with two attached hydrogens (primary N) is 1. The van der Waals surface area contributed by atoms with Crippen LogP contribution in [0.2, 0.25) is 0 Å². The first-order valence-electron chi connectivity index (χ1n) is 11.9. The average Bonchev–Trinajstić information content (AvgIpc) is 2.71. The molecule has 1 aliphatic heterocycles. The van der Waals surface area contributed by atoms with Crippen molar-refractivity contribution in [3.63, 3.8) is 0 Å². The van der Waals surface area contributed by atoms with Crippen molar-refractivity contribution >= 4 is 23.6 Å². The molecule has 176 valence electrons. The summed E-state index contributed by atoms with van der Waals surface area (Å²) in [5, 5.41) is 3.07. The molecule has 0 aromatic rings. The maximum absolute atomic E-state index is 12.2. The smallest absolute Gasteiger partial charge is 0.306 e. The summed E-state index contributed by atoms with van der Waals surface area (Å²) in [6, 6.07) is -0.216. The Labute approximate surface area is 188 Å². The third kappa shape index (κ3) is 14.3. The highest BCUT2D eigenvalue weighted by Crippen LogP contribution is 2.12. The Hall–Kier alpha value is -0.790. The summed E-state index contributed by atoms with van der Waals surface area (Å²) < 4.78 is 5.30. The van der Waals surface area contributed by atoms with E-state index in [-0.39, 0.29) is 17.9 Å². The number of unbranched alkanes of at least 4 members (excludes halogenated alkanes) is 4. The molecule has 0 bridgehead atoms. The van der Waals surface area contributed by atoms with Crippen LogP contribution in [0.1, 0.15) is 78.1 Å². The van der Waals surface area contributed by atoms with Gasteiger partial charge in [0.25, 0.3) is 0 Å². The van der Waals surface area contributed by atoms with Gasteiger partial charge in [-0.15, -0.1) is 0 Å². The lowest BCUT2D eigenvalue weighted by Crippen LogP contribution is -2.49. The van der Waals surface area contributed by atoms with Gasteiger partial charge in [0.1, 0.15) is 0 Å². The summed E-state index contributed by atoms with van der Waals surface area (Å²) in [6.07, 6.45) is 10.3. The first-order valence-corrected chi connectivity index (χ1v) is 13.0. The van der Waals surface area contributed by atoms with Crippen LogP contribution in [-0.2, 0) is 14.3 Å². The van der Waals surface area contributed by atoms with Crippen LogP contribution in [0.5, 0.6) is 0 Å². The fourth-order valence-corrected chi connectivity index (χ4v) is 4.44. The van der Waals surface area contributed by atoms with Gasteiger partial charge in [0.05, 0.1) is 19.1 Å². The van der Waals surface area contributed by atoms with Gasteiger partial charge in [-0.1, -0.05) is 46.0 Å². The molecular weight excluding hydrogens is 398 g/mol. The zero-order chi connectivity index (χ0) is 22.2. The molecule has 1 unspecified atom stereocenters. The number of ether oxygens (including phenoxy) is 1. The topological polar surface area (TPSA) is 84.7 Å². The number of hydrogen-bond donors (Lipinski definition) is 2. The molecule has 1 aliphatic rings. The van der Waals surface area contributed by atoms with Crippen LogP contribution in [0.25, 0.3) is 0 Å². The molecule has 0 spiro atoms. The summed E-state index contributed by atoms with van der Waals surface area (Å²) in [5.41, 5.74) is 6.02. The van der Waals surface area contributed by atoms with Crippen LogP contribution in [0.3, 0.4) is 0 Å². The molecule has 3 N–H and O–H groups in total. The van der Waals surface area contributed by atoms with E-state index < -0.39 is 6.04 Å². The first kappa shape index (κ1) is 27.2. The van der Waals surface area contributed by atoms with Crippen molar-refractivity contribution in [2.45, 2.75) is 90.1 Å². The highest BCUT2D eigenvalue weighted by atomic mass is 32.2. The van der Waals surface area contributed by atoms with Crippen LogP contribution in [0.15, 0.2) is 0 Å². The Morgan fingerprint density at radius 3 is 2.43 bits per heavy atom. The molecule has 0 saturated carbocycles. The summed E-state index contributed by atoms with van der Waals surface area (Å²) in [5.74, 6) is 2.13. The molecule has 6 nitrogen and oxygen atoms in total. The van der Waals surface area contributed by atoms with E-state index in [1.54, 1.807) is 11.8 Å². The minimum absolute atomic E-state index is 0.0474. The van der Waals surface area contributed by atoms with Gasteiger partial charge in [0.15, 0.2) is 0 Å². The van der Waals surface area contributed by atoms with E-state index >= 15 is 0 Å². The van der Waals surface area contributed by atoms with Crippen molar-refractivity contribution in [2.75, 3.05) is 38.2 Å². The Morgan fingerprint density at radius 2 is 1.73 bits per heavy atom. The van der Waals surface area contributed by atoms with Gasteiger partial charge < -0.3 is 20.7 Å². The van der Waals surface area contributed by atoms with E-state index in [1.807, 2.05) is 0 Å². The second-order valence-electron chi connectivity index (χ2n) is 9.01. The predicted octanol–water partition coefficient (Wildman–Crippen LogP) is 3.58. The van der Waals surface area contributed by atoms with E-state index in [1.165, 1.54) is 25.7 Å². The third-order valence-corrected chi connectivity index (χ3v) is 6.63. The van der Waals surface area contributed by atoms with Crippen LogP contribution in [-0.4, -0.2) is 67.1 Å². The number of nitrogens with one attached hydrogen (secondary N) is 1. The van der Waals surface area contributed by atoms with Crippen molar-refractivity contribution < 1.29 is 14.3 Å². The third-order valence-electron chi connectivity index (χ3n) is 5.61. The van der Waals surface area contributed by atoms with Crippen molar-refractivity contribution in [3.8, 4) is 0 Å². The normalized spacial score (nSPS) is 16.6. The Morgan fingerprint density at radius 1 is 1.07 bits per heavy atom. The Bertz CT molecular complexity index is 469. The van der Waals surface area contributed by atoms with Crippen LogP contribution in [0, 0.1) is 5.92 Å². The second kappa shape index (κ2) is 16.8. The van der Waals surface area contributed by atoms with Crippen molar-refractivity contribution in [3.05, 3.63) is 0 Å². The largest absolute Gasteiger partial charge is 0.466 e. The van der Waals surface area contributed by atoms with Gasteiger partial charge in [-0.05, 0) is 57.5 Å². The van der Waals surface area contributed by atoms with Gasteiger partial charge in [-0.25, -0.2) is 0 Å². The van der Waals surface area contributed by atoms with Crippen LogP contribution in [0.4, 0.5) is 0 Å². The maximum atomic E-state index is 12.2. The molecule has 30 heavy (non-hydrogen) atoms. The summed E-state index contributed by atoms with van der Waals surface area (Å²) in [7, 11) is 2.10. The molecule has 0 aliphatic carbocycles. The second-order valence-corrected chi connectivity index (χ2v) is 10.2. The molecule has 1 fully saturated rings. The predicted molar refractivity (Wildman–Crippen MR) is 127 cm³/mol. The quantitative estimate of drug-likeness (QED) is 0.280. The molecule has 1 saturated heterocycles. The Balaban J connectivity index is 1.92. The number of esters is 1. The lowest BCUT2D eigenvalue weighted by molar-refractivity contribution is -0.143. The van der Waals surface area contributed by atoms with Gasteiger partial charge in [-0.3, -0.25) is 9.59 Å². The molecule has 0 aromatic carbocycles. The molecule has 1 rings (SSSR count). The minimum Gasteiger partial charge on any atom is -0.466 e. The number of thioether (sulfide) groups is 1. The molecule has 0 radical (unpaired) electrons. The fraction of sp³-hybridized carbons (Fsp3) is 0.913. The molecule has 0 aromatic heterocycles. The number of piperidine rings is 1. The zero-order valence-electron chi connectivity index (χ0n) is 19.5. The highest BCUT2D eigenvalue weighted by Gasteiger charge is 2.21. The van der Waals surface area contributed by atoms with E-state index in [9.17, 15) is 9.59 Å². The lowest BCUT2D eigenvalue weighted by Gasteiger charge is -2.30. The number of rotatable bonds is 16. The molecule has 7 heteroatoms. The van der Waals surface area contributed by atoms with Gasteiger partial charge in [0, 0.05) is 11.8 Å². The van der Waals surface area contributed by atoms with Crippen molar-refractivity contribution in [2.24, 2.45) is 11.7 Å². The molecule has 1 atom stereocenters. The van der Waals surface area contributed by atoms with E-state index in [4.69, 9.17) is 10.5 Å². The summed E-state index contributed by atoms with van der Waals surface area (Å²) in [6.45, 7) is 7.10. The summed E-state index contributed by atoms with van der Waals surface area (Å²) >= 11 is 1.66. The van der Waals surface area contributed by atoms with Gasteiger partial charge in [0.2, 0.25) is 5.91 Å². The molecule has 1 amide bonds. The van der Waals surface area contributed by atoms with E-state index in [0.29, 0.717) is 19.4 Å². The minimum atomic E-state index is -0.468. The fourth-order valence-electron chi connectivity index (χ4n) is 3.50. The van der Waals surface area contributed by atoms with Crippen molar-refractivity contribution in [1.29, 1.82) is 0 Å². The van der Waals surface area contributed by atoms with Crippen molar-refractivity contribution in [1.82, 2.24) is 10.2 Å². The number of carbonyl (C=O) groups is 2. The Kier molecular flexibility index (Phi) is 15.3. The number of carbonyl (C=O) groups excluding carboxylic acids is 2. The van der Waals surface area contributed by atoms with E-state index in [0.717, 1.165) is 56.2 Å². The number of likely N-dealkylation sites (tertiary alicyclic amines) is 1. The van der Waals surface area contributed by atoms with Crippen LogP contribution >= 0.6 is 11.8 Å². The number of hydrogen-bond acceptors (Lipinski definition) is 6.